The number of rotatable bonds is 7. The maximum absolute atomic E-state index is 13.2. The molecular formula is C61H61F9N6O7. The number of nitrogens with two attached hydrogens (primary N) is 3. The molecule has 13 nitrogen and oxygen atoms in total. The van der Waals surface area contributed by atoms with Gasteiger partial charge in [0.1, 0.15) is 0 Å². The van der Waals surface area contributed by atoms with Gasteiger partial charge in [-0.2, -0.15) is 39.5 Å². The molecule has 0 aromatic heterocycles. The summed E-state index contributed by atoms with van der Waals surface area (Å²) < 4.78 is 118. The molecule has 83 heavy (non-hydrogen) atoms. The number of carbonyl (C=O) groups is 6. The maximum atomic E-state index is 13.2. The number of carboxylic acid groups (broad SMARTS) is 1. The fourth-order valence-corrected chi connectivity index (χ4v) is 10.2. The molecule has 0 bridgehead atoms. The van der Waals surface area contributed by atoms with E-state index in [-0.39, 0.29) is 65.1 Å². The number of piperidine rings is 3. The number of anilines is 2. The van der Waals surface area contributed by atoms with E-state index in [9.17, 15) is 68.3 Å². The van der Waals surface area contributed by atoms with Crippen LogP contribution in [0.2, 0.25) is 0 Å². The molecule has 0 aliphatic carbocycles. The molecule has 3 fully saturated rings. The van der Waals surface area contributed by atoms with E-state index in [0.717, 1.165) is 23.1 Å². The number of nitrogens with zero attached hydrogens (tertiary/aromatic N) is 3. The van der Waals surface area contributed by atoms with Crippen molar-refractivity contribution in [2.75, 3.05) is 50.7 Å². The number of carbonyl (C=O) groups excluding carboxylic acids is 5. The van der Waals surface area contributed by atoms with Crippen LogP contribution in [0.25, 0.3) is 0 Å². The third kappa shape index (κ3) is 17.2. The lowest BCUT2D eigenvalue weighted by Gasteiger charge is -2.33. The third-order valence-corrected chi connectivity index (χ3v) is 14.6. The van der Waals surface area contributed by atoms with Crippen molar-refractivity contribution < 1.29 is 73.4 Å². The van der Waals surface area contributed by atoms with Crippen LogP contribution in [0.15, 0.2) is 146 Å². The van der Waals surface area contributed by atoms with Gasteiger partial charge in [0.25, 0.3) is 11.8 Å². The van der Waals surface area contributed by atoms with Gasteiger partial charge >= 0.3 is 30.4 Å². The molecule has 0 atom stereocenters. The van der Waals surface area contributed by atoms with E-state index in [1.54, 1.807) is 76.5 Å². The quantitative estimate of drug-likeness (QED) is 0.0518. The van der Waals surface area contributed by atoms with Crippen LogP contribution in [0, 0.1) is 0 Å². The van der Waals surface area contributed by atoms with Crippen LogP contribution in [0.4, 0.5) is 50.9 Å². The summed E-state index contributed by atoms with van der Waals surface area (Å²) in [6.07, 6.45) is -10.6. The van der Waals surface area contributed by atoms with Crippen molar-refractivity contribution in [1.82, 2.24) is 14.7 Å². The minimum Gasteiger partial charge on any atom is -0.474 e. The summed E-state index contributed by atoms with van der Waals surface area (Å²) in [6.45, 7) is 3.30. The average Bonchev–Trinajstić information content (AvgIpc) is 3.65. The number of para-hydroxylation sites is 2. The number of Topliss-reactive ketones (excluding diaryl/α,β-unsaturated/α-hetero) is 1. The summed E-state index contributed by atoms with van der Waals surface area (Å²) in [4.78, 5) is 74.2. The number of likely N-dealkylation sites (tertiary alicyclic amines) is 3. The van der Waals surface area contributed by atoms with Gasteiger partial charge in [0, 0.05) is 61.5 Å². The van der Waals surface area contributed by atoms with Crippen molar-refractivity contribution in [2.45, 2.75) is 81.7 Å². The number of carboxylic acids is 1. The van der Waals surface area contributed by atoms with Gasteiger partial charge in [0.2, 0.25) is 5.91 Å². The Morgan fingerprint density at radius 3 is 1.06 bits per heavy atom. The monoisotopic (exact) mass is 1160 g/mol. The first-order valence-electron chi connectivity index (χ1n) is 26.4. The number of hydrogen-bond acceptors (Lipinski definition) is 8. The lowest BCUT2D eigenvalue weighted by molar-refractivity contribution is -0.156. The third-order valence-electron chi connectivity index (χ3n) is 14.6. The van der Waals surface area contributed by atoms with Gasteiger partial charge in [0.15, 0.2) is 5.78 Å². The SMILES string of the molecule is CC(=O)c1ccc(C(=O)N2CCC(c3ccccc3C(F)(F)F)CC2)cc1.NC(=O)c1cccc(C(=O)N2CCC(c3ccccc3C(F)(F)F)CC2)c1.Nc1ccccc1N.O=C(O)C(=O)N1CCC(c2ccccc2C(F)(F)F)CC1. The number of nitrogen functional groups attached to an aromatic ring is 2. The second-order valence-electron chi connectivity index (χ2n) is 20.0. The first kappa shape index (κ1) is 63.5. The molecule has 4 amide bonds. The van der Waals surface area contributed by atoms with Crippen LogP contribution in [0.1, 0.15) is 138 Å². The highest BCUT2D eigenvalue weighted by molar-refractivity contribution is 6.31. The standard InChI is InChI=1S/C21H20F3NO2.C20H19F3N2O2.C14H14F3NO3.C6H8N2/c1-14(26)15-6-8-17(9-7-15)20(27)25-12-10-16(11-13-25)18-4-2-3-5-19(18)21(22,23)24;21-20(22,23)17-7-2-1-6-16(17)13-8-10-25(11-9-13)19(27)15-5-3-4-14(12-15)18(24)26;15-14(16,17)11-4-2-1-3-10(11)9-5-7-18(8-6-9)12(19)13(20)21;7-5-3-1-2-4-6(5)8/h2-9,16H,10-13H2,1H3;1-7,12-13H,8-11H2,(H2,24,26);1-4,9H,5-8H2,(H,20,21);1-4H,7-8H2. The Balaban J connectivity index is 0.000000188. The first-order chi connectivity index (χ1) is 39.1. The molecule has 6 aromatic carbocycles. The predicted molar refractivity (Wildman–Crippen MR) is 293 cm³/mol. The van der Waals surface area contributed by atoms with Crippen LogP contribution >= 0.6 is 0 Å². The topological polar surface area (TPSA) is 210 Å². The van der Waals surface area contributed by atoms with Gasteiger partial charge in [-0.05, 0) is 141 Å². The second kappa shape index (κ2) is 27.9. The zero-order valence-electron chi connectivity index (χ0n) is 44.9. The highest BCUT2D eigenvalue weighted by Gasteiger charge is 2.39. The molecular weight excluding hydrogens is 1100 g/mol. The van der Waals surface area contributed by atoms with Gasteiger partial charge in [-0.25, -0.2) is 4.79 Å². The van der Waals surface area contributed by atoms with E-state index >= 15 is 0 Å². The number of aliphatic carboxylic acids is 1. The molecule has 0 unspecified atom stereocenters. The Hall–Kier alpha value is -8.69. The van der Waals surface area contributed by atoms with Crippen molar-refractivity contribution in [3.63, 3.8) is 0 Å². The summed E-state index contributed by atoms with van der Waals surface area (Å²) in [5.41, 5.74) is 17.9. The normalized spacial score (nSPS) is 15.3. The summed E-state index contributed by atoms with van der Waals surface area (Å²) in [5, 5.41) is 8.63. The average molecular weight is 1160 g/mol. The number of halogens is 9. The highest BCUT2D eigenvalue weighted by Crippen LogP contribution is 2.42. The van der Waals surface area contributed by atoms with E-state index in [0.29, 0.717) is 98.3 Å². The lowest BCUT2D eigenvalue weighted by Crippen LogP contribution is -2.41. The van der Waals surface area contributed by atoms with Crippen molar-refractivity contribution in [1.29, 1.82) is 0 Å². The van der Waals surface area contributed by atoms with Gasteiger partial charge in [-0.1, -0.05) is 84.9 Å². The Kier molecular flexibility index (Phi) is 21.3. The molecule has 3 aliphatic rings. The first-order valence-corrected chi connectivity index (χ1v) is 26.4. The Bertz CT molecular complexity index is 3210. The molecule has 6 aromatic rings. The highest BCUT2D eigenvalue weighted by atomic mass is 19.4. The van der Waals surface area contributed by atoms with Gasteiger partial charge in [-0.3, -0.25) is 24.0 Å². The number of primary amides is 1. The van der Waals surface area contributed by atoms with E-state index in [2.05, 4.69) is 0 Å². The van der Waals surface area contributed by atoms with Crippen molar-refractivity contribution in [3.05, 3.63) is 201 Å². The van der Waals surface area contributed by atoms with E-state index in [4.69, 9.17) is 22.3 Å². The van der Waals surface area contributed by atoms with Crippen LogP contribution in [0.3, 0.4) is 0 Å². The fraction of sp³-hybridized carbons (Fsp3) is 0.311. The Morgan fingerprint density at radius 1 is 0.422 bits per heavy atom. The molecule has 3 aliphatic heterocycles. The van der Waals surface area contributed by atoms with Crippen LogP contribution in [-0.2, 0) is 28.1 Å². The Labute approximate surface area is 472 Å². The molecule has 440 valence electrons. The molecule has 22 heteroatoms. The number of alkyl halides is 9. The van der Waals surface area contributed by atoms with Gasteiger partial charge in [-0.15, -0.1) is 0 Å². The van der Waals surface area contributed by atoms with Crippen LogP contribution in [-0.4, -0.2) is 94.5 Å². The summed E-state index contributed by atoms with van der Waals surface area (Å²) in [5.74, 6) is -4.42. The molecule has 3 heterocycles. The molecule has 0 saturated carbocycles. The minimum atomic E-state index is -4.41. The predicted octanol–water partition coefficient (Wildman–Crippen LogP) is 12.1. The Morgan fingerprint density at radius 2 is 0.735 bits per heavy atom. The van der Waals surface area contributed by atoms with E-state index in [1.807, 2.05) is 12.1 Å². The second-order valence-corrected chi connectivity index (χ2v) is 20.0. The van der Waals surface area contributed by atoms with E-state index in [1.165, 1.54) is 55.5 Å². The van der Waals surface area contributed by atoms with Crippen molar-refractivity contribution in [3.8, 4) is 0 Å². The minimum absolute atomic E-state index is 0.0712. The zero-order chi connectivity index (χ0) is 60.8. The molecule has 0 spiro atoms. The van der Waals surface area contributed by atoms with Gasteiger partial charge < -0.3 is 37.0 Å². The zero-order valence-corrected chi connectivity index (χ0v) is 44.9. The largest absolute Gasteiger partial charge is 0.474 e. The van der Waals surface area contributed by atoms with Gasteiger partial charge in [0.05, 0.1) is 28.1 Å². The number of amides is 4. The van der Waals surface area contributed by atoms with Crippen LogP contribution < -0.4 is 17.2 Å². The maximum Gasteiger partial charge on any atom is 0.416 e. The molecule has 3 saturated heterocycles. The number of benzene rings is 6. The molecule has 0 radical (unpaired) electrons. The molecule has 7 N–H and O–H groups in total. The summed E-state index contributed by atoms with van der Waals surface area (Å²) in [6, 6.07) is 36.5. The summed E-state index contributed by atoms with van der Waals surface area (Å²) in [7, 11) is 0. The fourth-order valence-electron chi connectivity index (χ4n) is 10.2. The number of hydrogen-bond donors (Lipinski definition) is 4. The smallest absolute Gasteiger partial charge is 0.416 e. The van der Waals surface area contributed by atoms with Crippen molar-refractivity contribution in [2.24, 2.45) is 5.73 Å². The molecule has 9 rings (SSSR count). The van der Waals surface area contributed by atoms with E-state index < -0.39 is 53.0 Å². The van der Waals surface area contributed by atoms with Crippen molar-refractivity contribution >= 4 is 46.8 Å². The summed E-state index contributed by atoms with van der Waals surface area (Å²) >= 11 is 0. The number of ketones is 1. The van der Waals surface area contributed by atoms with Crippen LogP contribution in [0.5, 0.6) is 0 Å². The lowest BCUT2D eigenvalue weighted by atomic mass is 9.86.